The van der Waals surface area contributed by atoms with Crippen LogP contribution >= 0.6 is 11.3 Å². The minimum atomic E-state index is 0.705. The monoisotopic (exact) mass is 505 g/mol. The van der Waals surface area contributed by atoms with Gasteiger partial charge in [-0.15, -0.1) is 0 Å². The summed E-state index contributed by atoms with van der Waals surface area (Å²) in [6, 6.07) is 14.6. The molecule has 0 aliphatic heterocycles. The van der Waals surface area contributed by atoms with Crippen LogP contribution in [-0.4, -0.2) is 36.7 Å². The van der Waals surface area contributed by atoms with Gasteiger partial charge in [-0.2, -0.15) is 16.4 Å². The second-order valence-electron chi connectivity index (χ2n) is 9.83. The number of H-pyrrole nitrogens is 2. The van der Waals surface area contributed by atoms with E-state index >= 15 is 0 Å². The van der Waals surface area contributed by atoms with Crippen molar-refractivity contribution in [1.82, 2.24) is 35.5 Å². The van der Waals surface area contributed by atoms with E-state index in [2.05, 4.69) is 60.5 Å². The molecule has 1 aromatic carbocycles. The summed E-state index contributed by atoms with van der Waals surface area (Å²) in [5.74, 6) is 1.52. The number of para-hydroxylation sites is 1. The van der Waals surface area contributed by atoms with Crippen molar-refractivity contribution in [3.8, 4) is 33.9 Å². The highest BCUT2D eigenvalue weighted by Crippen LogP contribution is 2.32. The zero-order valence-electron chi connectivity index (χ0n) is 20.4. The molecule has 8 heteroatoms. The molecule has 1 saturated carbocycles. The summed E-state index contributed by atoms with van der Waals surface area (Å²) in [5.41, 5.74) is 9.62. The number of nitrogens with zero attached hydrogens (tertiary/aromatic N) is 4. The van der Waals surface area contributed by atoms with Crippen LogP contribution in [0.5, 0.6) is 0 Å². The topological polar surface area (TPSA) is 95.2 Å². The van der Waals surface area contributed by atoms with Crippen molar-refractivity contribution in [1.29, 1.82) is 0 Å². The number of benzene rings is 1. The third kappa shape index (κ3) is 4.32. The molecule has 37 heavy (non-hydrogen) atoms. The van der Waals surface area contributed by atoms with Crippen LogP contribution in [0, 0.1) is 5.92 Å². The van der Waals surface area contributed by atoms with E-state index in [9.17, 15) is 0 Å². The van der Waals surface area contributed by atoms with Crippen LogP contribution < -0.4 is 5.32 Å². The molecule has 0 amide bonds. The lowest BCUT2D eigenvalue weighted by Gasteiger charge is -2.11. The summed E-state index contributed by atoms with van der Waals surface area (Å²) in [4.78, 5) is 17.9. The maximum atomic E-state index is 5.00. The van der Waals surface area contributed by atoms with Gasteiger partial charge in [0.05, 0.1) is 22.2 Å². The summed E-state index contributed by atoms with van der Waals surface area (Å²) in [7, 11) is 0. The van der Waals surface area contributed by atoms with Gasteiger partial charge >= 0.3 is 0 Å². The largest absolute Gasteiger partial charge is 0.336 e. The Morgan fingerprint density at radius 1 is 0.946 bits per heavy atom. The van der Waals surface area contributed by atoms with Gasteiger partial charge in [0.2, 0.25) is 0 Å². The predicted molar refractivity (Wildman–Crippen MR) is 149 cm³/mol. The van der Waals surface area contributed by atoms with E-state index in [1.807, 2.05) is 30.6 Å². The fourth-order valence-corrected chi connectivity index (χ4v) is 6.04. The molecule has 0 radical (unpaired) electrons. The zero-order valence-corrected chi connectivity index (χ0v) is 21.2. The zero-order chi connectivity index (χ0) is 24.6. The number of hydrogen-bond donors (Lipinski definition) is 3. The van der Waals surface area contributed by atoms with Gasteiger partial charge in [-0.1, -0.05) is 25.0 Å². The Labute approximate surface area is 218 Å². The summed E-state index contributed by atoms with van der Waals surface area (Å²) >= 11 is 1.69. The molecule has 1 aliphatic rings. The van der Waals surface area contributed by atoms with Crippen molar-refractivity contribution in [2.45, 2.75) is 32.2 Å². The van der Waals surface area contributed by atoms with Gasteiger partial charge in [-0.3, -0.25) is 10.1 Å². The molecule has 0 saturated heterocycles. The first-order valence-electron chi connectivity index (χ1n) is 12.8. The maximum absolute atomic E-state index is 5.00. The van der Waals surface area contributed by atoms with Gasteiger partial charge in [0.25, 0.3) is 0 Å². The number of imidazole rings is 1. The van der Waals surface area contributed by atoms with E-state index in [-0.39, 0.29) is 0 Å². The standard InChI is InChI=1S/C29H27N7S/c1-2-5-18(4-1)13-30-14-19-12-21(16-31-15-19)23-8-9-25-27(32-23)28(36-35-25)29-33-24-7-3-6-22(26(24)34-29)20-10-11-37-17-20/h3,6-12,15-18,30H,1-2,4-5,13-14H2,(H,33,34)(H,35,36). The van der Waals surface area contributed by atoms with Crippen LogP contribution in [0.15, 0.2) is 65.6 Å². The Kier molecular flexibility index (Phi) is 5.75. The minimum absolute atomic E-state index is 0.705. The smallest absolute Gasteiger partial charge is 0.161 e. The molecule has 7 nitrogen and oxygen atoms in total. The van der Waals surface area contributed by atoms with Gasteiger partial charge in [-0.05, 0) is 77.5 Å². The number of hydrogen-bond acceptors (Lipinski definition) is 6. The normalized spacial score (nSPS) is 14.3. The highest BCUT2D eigenvalue weighted by molar-refractivity contribution is 7.08. The Bertz CT molecular complexity index is 1680. The van der Waals surface area contributed by atoms with Gasteiger partial charge in [0.1, 0.15) is 5.52 Å². The van der Waals surface area contributed by atoms with Gasteiger partial charge < -0.3 is 10.3 Å². The number of rotatable bonds is 7. The minimum Gasteiger partial charge on any atom is -0.336 e. The Balaban J connectivity index is 1.20. The molecule has 0 spiro atoms. The first-order chi connectivity index (χ1) is 18.3. The third-order valence-corrected chi connectivity index (χ3v) is 7.99. The summed E-state index contributed by atoms with van der Waals surface area (Å²) in [6.45, 7) is 1.90. The molecule has 184 valence electrons. The molecule has 1 fully saturated rings. The van der Waals surface area contributed by atoms with Crippen molar-refractivity contribution < 1.29 is 0 Å². The molecule has 6 aromatic rings. The van der Waals surface area contributed by atoms with E-state index in [0.29, 0.717) is 11.5 Å². The molecule has 5 aromatic heterocycles. The lowest BCUT2D eigenvalue weighted by atomic mass is 10.1. The van der Waals surface area contributed by atoms with Gasteiger partial charge in [0.15, 0.2) is 11.5 Å². The predicted octanol–water partition coefficient (Wildman–Crippen LogP) is 6.57. The molecular weight excluding hydrogens is 478 g/mol. The number of nitrogens with one attached hydrogen (secondary N) is 3. The maximum Gasteiger partial charge on any atom is 0.161 e. The van der Waals surface area contributed by atoms with E-state index < -0.39 is 0 Å². The second kappa shape index (κ2) is 9.53. The van der Waals surface area contributed by atoms with E-state index in [1.165, 1.54) is 36.8 Å². The molecule has 3 N–H and O–H groups in total. The van der Waals surface area contributed by atoms with Crippen molar-refractivity contribution in [3.05, 3.63) is 71.2 Å². The van der Waals surface area contributed by atoms with Crippen molar-refractivity contribution in [2.24, 2.45) is 5.92 Å². The van der Waals surface area contributed by atoms with E-state index in [1.54, 1.807) is 11.3 Å². The summed E-state index contributed by atoms with van der Waals surface area (Å²) in [5, 5.41) is 15.6. The van der Waals surface area contributed by atoms with Crippen LogP contribution in [0.25, 0.3) is 56.0 Å². The van der Waals surface area contributed by atoms with Gasteiger partial charge in [0, 0.05) is 30.1 Å². The fourth-order valence-electron chi connectivity index (χ4n) is 5.38. The van der Waals surface area contributed by atoms with Crippen LogP contribution in [0.3, 0.4) is 0 Å². The molecule has 7 rings (SSSR count). The highest BCUT2D eigenvalue weighted by Gasteiger charge is 2.17. The fraction of sp³-hybridized carbons (Fsp3) is 0.241. The number of thiophene rings is 1. The van der Waals surface area contributed by atoms with E-state index in [4.69, 9.17) is 9.97 Å². The quantitative estimate of drug-likeness (QED) is 0.228. The van der Waals surface area contributed by atoms with Crippen LogP contribution in [-0.2, 0) is 6.54 Å². The third-order valence-electron chi connectivity index (χ3n) is 7.30. The molecule has 0 atom stereocenters. The van der Waals surface area contributed by atoms with Gasteiger partial charge in [-0.25, -0.2) is 9.97 Å². The number of fused-ring (bicyclic) bond motifs is 2. The number of aromatic amines is 2. The van der Waals surface area contributed by atoms with Crippen LogP contribution in [0.4, 0.5) is 0 Å². The van der Waals surface area contributed by atoms with Crippen molar-refractivity contribution in [2.75, 3.05) is 6.54 Å². The Morgan fingerprint density at radius 2 is 1.89 bits per heavy atom. The molecular formula is C29H27N7S. The molecule has 0 bridgehead atoms. The second-order valence-corrected chi connectivity index (χ2v) is 10.6. The number of aromatic nitrogens is 6. The molecule has 0 unspecified atom stereocenters. The average Bonchev–Trinajstić information content (AvgIpc) is 3.74. The van der Waals surface area contributed by atoms with Crippen LogP contribution in [0.2, 0.25) is 0 Å². The molecule has 5 heterocycles. The van der Waals surface area contributed by atoms with Crippen LogP contribution in [0.1, 0.15) is 31.2 Å². The Hall–Kier alpha value is -3.88. The lowest BCUT2D eigenvalue weighted by molar-refractivity contribution is 0.489. The van der Waals surface area contributed by atoms with Crippen molar-refractivity contribution >= 4 is 33.4 Å². The SMILES string of the molecule is c1cc(-c2ccsc2)c2nc(-c3n[nH]c4ccc(-c5cncc(CNCC6CCCC6)c5)nc34)[nH]c2c1. The van der Waals surface area contributed by atoms with Crippen molar-refractivity contribution in [3.63, 3.8) is 0 Å². The summed E-state index contributed by atoms with van der Waals surface area (Å²) < 4.78 is 0. The highest BCUT2D eigenvalue weighted by atomic mass is 32.1. The lowest BCUT2D eigenvalue weighted by Crippen LogP contribution is -2.20. The summed E-state index contributed by atoms with van der Waals surface area (Å²) in [6.07, 6.45) is 9.26. The average molecular weight is 506 g/mol. The molecule has 1 aliphatic carbocycles. The first kappa shape index (κ1) is 22.3. The Morgan fingerprint density at radius 3 is 2.78 bits per heavy atom. The number of pyridine rings is 2. The van der Waals surface area contributed by atoms with E-state index in [0.717, 1.165) is 57.9 Å². The first-order valence-corrected chi connectivity index (χ1v) is 13.8.